The van der Waals surface area contributed by atoms with Gasteiger partial charge in [0.25, 0.3) is 0 Å². The van der Waals surface area contributed by atoms with Crippen LogP contribution in [0.4, 0.5) is 4.39 Å². The molecule has 0 aliphatic rings. The van der Waals surface area contributed by atoms with Gasteiger partial charge in [0.2, 0.25) is 5.91 Å². The van der Waals surface area contributed by atoms with E-state index in [0.717, 1.165) is 11.1 Å². The molecule has 1 aromatic heterocycles. The van der Waals surface area contributed by atoms with Crippen LogP contribution in [0.5, 0.6) is 0 Å². The Morgan fingerprint density at radius 1 is 1.07 bits per heavy atom. The average molecular weight is 383 g/mol. The van der Waals surface area contributed by atoms with Gasteiger partial charge in [-0.2, -0.15) is 0 Å². The molecule has 3 rings (SSSR count). The average Bonchev–Trinajstić information content (AvgIpc) is 3.19. The summed E-state index contributed by atoms with van der Waals surface area (Å²) in [6, 6.07) is 18.8. The second-order valence-electron chi connectivity index (χ2n) is 6.47. The van der Waals surface area contributed by atoms with Gasteiger partial charge < -0.3 is 5.32 Å². The van der Waals surface area contributed by atoms with Gasteiger partial charge in [-0.3, -0.25) is 10.1 Å². The van der Waals surface area contributed by atoms with E-state index in [0.29, 0.717) is 13.0 Å². The summed E-state index contributed by atoms with van der Waals surface area (Å²) >= 11 is 1.67. The first kappa shape index (κ1) is 19.3. The van der Waals surface area contributed by atoms with Gasteiger partial charge >= 0.3 is 0 Å². The maximum atomic E-state index is 12.9. The van der Waals surface area contributed by atoms with Crippen LogP contribution in [0.2, 0.25) is 0 Å². The van der Waals surface area contributed by atoms with E-state index in [1.165, 1.54) is 22.6 Å². The Hall–Kier alpha value is -2.50. The highest BCUT2D eigenvalue weighted by Crippen LogP contribution is 2.26. The Bertz CT molecular complexity index is 845. The number of carbonyl (C=O) groups excluding carboxylic acids is 1. The van der Waals surface area contributed by atoms with Crippen molar-refractivity contribution < 1.29 is 9.18 Å². The molecule has 0 saturated carbocycles. The summed E-state index contributed by atoms with van der Waals surface area (Å²) < 4.78 is 12.9. The molecule has 0 fully saturated rings. The van der Waals surface area contributed by atoms with E-state index in [1.807, 2.05) is 11.4 Å². The number of amides is 1. The summed E-state index contributed by atoms with van der Waals surface area (Å²) in [5.41, 5.74) is 3.35. The molecule has 0 saturated heterocycles. The summed E-state index contributed by atoms with van der Waals surface area (Å²) in [6.07, 6.45) is 0.679. The Morgan fingerprint density at radius 2 is 1.81 bits per heavy atom. The number of nitrogens with one attached hydrogen (secondary N) is 2. The number of hydrogen-bond donors (Lipinski definition) is 2. The van der Waals surface area contributed by atoms with Crippen molar-refractivity contribution in [2.75, 3.05) is 13.1 Å². The Morgan fingerprint density at radius 3 is 2.48 bits per heavy atom. The van der Waals surface area contributed by atoms with Crippen molar-refractivity contribution in [3.8, 4) is 0 Å². The maximum absolute atomic E-state index is 12.9. The summed E-state index contributed by atoms with van der Waals surface area (Å²) in [4.78, 5) is 13.4. The van der Waals surface area contributed by atoms with Crippen molar-refractivity contribution >= 4 is 17.2 Å². The standard InChI is InChI=1S/C22H23FN2OS/c1-16-4-8-18(9-5-16)22(20-3-2-14-27-20)25-15-21(26)24-13-12-17-6-10-19(23)11-7-17/h2-11,14,22,25H,12-13,15H2,1H3,(H,24,26)/t22-/m0/s1. The molecule has 2 aromatic carbocycles. The molecule has 5 heteroatoms. The van der Waals surface area contributed by atoms with Crippen LogP contribution in [0.15, 0.2) is 66.0 Å². The summed E-state index contributed by atoms with van der Waals surface area (Å²) in [5.74, 6) is -0.298. The highest BCUT2D eigenvalue weighted by Gasteiger charge is 2.16. The van der Waals surface area contributed by atoms with Crippen molar-refractivity contribution in [2.45, 2.75) is 19.4 Å². The number of halogens is 1. The van der Waals surface area contributed by atoms with Crippen molar-refractivity contribution in [1.29, 1.82) is 0 Å². The first-order valence-electron chi connectivity index (χ1n) is 8.96. The van der Waals surface area contributed by atoms with E-state index < -0.39 is 0 Å². The number of thiophene rings is 1. The number of carbonyl (C=O) groups is 1. The third kappa shape index (κ3) is 5.74. The highest BCUT2D eigenvalue weighted by atomic mass is 32.1. The fourth-order valence-electron chi connectivity index (χ4n) is 2.85. The Balaban J connectivity index is 1.53. The lowest BCUT2D eigenvalue weighted by Gasteiger charge is -2.18. The quantitative estimate of drug-likeness (QED) is 0.612. The third-order valence-corrected chi connectivity index (χ3v) is 5.29. The van der Waals surface area contributed by atoms with Crippen LogP contribution < -0.4 is 10.6 Å². The zero-order chi connectivity index (χ0) is 19.1. The van der Waals surface area contributed by atoms with Gasteiger partial charge in [0.05, 0.1) is 12.6 Å². The van der Waals surface area contributed by atoms with Crippen LogP contribution in [-0.4, -0.2) is 19.0 Å². The number of aryl methyl sites for hydroxylation is 1. The van der Waals surface area contributed by atoms with Crippen LogP contribution in [0, 0.1) is 12.7 Å². The van der Waals surface area contributed by atoms with Crippen molar-refractivity contribution in [3.63, 3.8) is 0 Å². The second kappa shape index (κ2) is 9.44. The van der Waals surface area contributed by atoms with Crippen LogP contribution in [0.1, 0.15) is 27.6 Å². The molecule has 1 atom stereocenters. The van der Waals surface area contributed by atoms with Crippen molar-refractivity contribution in [3.05, 3.63) is 93.4 Å². The van der Waals surface area contributed by atoms with E-state index in [4.69, 9.17) is 0 Å². The summed E-state index contributed by atoms with van der Waals surface area (Å²) in [6.45, 7) is 2.83. The molecule has 2 N–H and O–H groups in total. The summed E-state index contributed by atoms with van der Waals surface area (Å²) in [5, 5.41) is 8.32. The molecular weight excluding hydrogens is 359 g/mol. The van der Waals surface area contributed by atoms with E-state index >= 15 is 0 Å². The molecule has 1 heterocycles. The predicted octanol–water partition coefficient (Wildman–Crippen LogP) is 4.23. The number of hydrogen-bond acceptors (Lipinski definition) is 3. The molecule has 0 aliphatic carbocycles. The SMILES string of the molecule is Cc1ccc([C@H](NCC(=O)NCCc2ccc(F)cc2)c2cccs2)cc1. The predicted molar refractivity (Wildman–Crippen MR) is 108 cm³/mol. The van der Waals surface area contributed by atoms with Gasteiger partial charge in [0, 0.05) is 11.4 Å². The summed E-state index contributed by atoms with van der Waals surface area (Å²) in [7, 11) is 0. The first-order chi connectivity index (χ1) is 13.1. The monoisotopic (exact) mass is 382 g/mol. The normalized spacial score (nSPS) is 11.9. The first-order valence-corrected chi connectivity index (χ1v) is 9.84. The Kier molecular flexibility index (Phi) is 6.74. The van der Waals surface area contributed by atoms with Gasteiger partial charge in [0.1, 0.15) is 5.82 Å². The molecular formula is C22H23FN2OS. The minimum Gasteiger partial charge on any atom is -0.355 e. The molecule has 1 amide bonds. The van der Waals surface area contributed by atoms with Crippen LogP contribution in [-0.2, 0) is 11.2 Å². The lowest BCUT2D eigenvalue weighted by molar-refractivity contribution is -0.120. The molecule has 3 nitrogen and oxygen atoms in total. The molecule has 3 aromatic rings. The zero-order valence-electron chi connectivity index (χ0n) is 15.2. The van der Waals surface area contributed by atoms with Gasteiger partial charge in [-0.05, 0) is 48.1 Å². The number of benzene rings is 2. The smallest absolute Gasteiger partial charge is 0.233 e. The van der Waals surface area contributed by atoms with Crippen LogP contribution in [0.3, 0.4) is 0 Å². The van der Waals surface area contributed by atoms with Gasteiger partial charge in [0.15, 0.2) is 0 Å². The van der Waals surface area contributed by atoms with Crippen LogP contribution >= 0.6 is 11.3 Å². The molecule has 0 bridgehead atoms. The van der Waals surface area contributed by atoms with E-state index in [2.05, 4.69) is 47.9 Å². The minimum atomic E-state index is -0.247. The lowest BCUT2D eigenvalue weighted by atomic mass is 10.0. The fourth-order valence-corrected chi connectivity index (χ4v) is 3.68. The highest BCUT2D eigenvalue weighted by molar-refractivity contribution is 7.10. The third-order valence-electron chi connectivity index (χ3n) is 4.35. The molecule has 140 valence electrons. The van der Waals surface area contributed by atoms with Gasteiger partial charge in [-0.15, -0.1) is 11.3 Å². The van der Waals surface area contributed by atoms with Crippen molar-refractivity contribution in [2.24, 2.45) is 0 Å². The van der Waals surface area contributed by atoms with Gasteiger partial charge in [-0.25, -0.2) is 4.39 Å². The molecule has 0 unspecified atom stereocenters. The molecule has 0 radical (unpaired) electrons. The van der Waals surface area contributed by atoms with E-state index in [9.17, 15) is 9.18 Å². The largest absolute Gasteiger partial charge is 0.355 e. The minimum absolute atomic E-state index is 0.00607. The van der Waals surface area contributed by atoms with Crippen LogP contribution in [0.25, 0.3) is 0 Å². The maximum Gasteiger partial charge on any atom is 0.233 e. The molecule has 0 spiro atoms. The zero-order valence-corrected chi connectivity index (χ0v) is 16.1. The van der Waals surface area contributed by atoms with Gasteiger partial charge in [-0.1, -0.05) is 48.0 Å². The van der Waals surface area contributed by atoms with E-state index in [1.54, 1.807) is 23.5 Å². The fraction of sp³-hybridized carbons (Fsp3) is 0.227. The molecule has 27 heavy (non-hydrogen) atoms. The van der Waals surface area contributed by atoms with Crippen molar-refractivity contribution in [1.82, 2.24) is 10.6 Å². The second-order valence-corrected chi connectivity index (χ2v) is 7.45. The number of rotatable bonds is 8. The lowest BCUT2D eigenvalue weighted by Crippen LogP contribution is -2.36. The van der Waals surface area contributed by atoms with E-state index in [-0.39, 0.29) is 24.3 Å². The Labute approximate surface area is 163 Å². The topological polar surface area (TPSA) is 41.1 Å². The molecule has 0 aliphatic heterocycles.